The molecule has 1 aromatic carbocycles. The molecule has 0 aliphatic carbocycles. The van der Waals surface area contributed by atoms with Crippen molar-refractivity contribution >= 4 is 0 Å². The van der Waals surface area contributed by atoms with Crippen LogP contribution in [0, 0.1) is 6.92 Å². The third-order valence-corrected chi connectivity index (χ3v) is 2.98. The van der Waals surface area contributed by atoms with Gasteiger partial charge in [-0.1, -0.05) is 18.2 Å². The minimum Gasteiger partial charge on any atom is -0.271 e. The fraction of sp³-hybridized carbons (Fsp3) is 0.214. The van der Waals surface area contributed by atoms with E-state index in [-0.39, 0.29) is 0 Å². The zero-order valence-electron chi connectivity index (χ0n) is 10.8. The Morgan fingerprint density at radius 1 is 1.15 bits per heavy atom. The zero-order valence-corrected chi connectivity index (χ0v) is 10.8. The molecule has 106 valence electrons. The molecule has 0 saturated carbocycles. The molecule has 20 heavy (non-hydrogen) atoms. The Morgan fingerprint density at radius 3 is 2.45 bits per heavy atom. The minimum atomic E-state index is -4.37. The van der Waals surface area contributed by atoms with Crippen molar-refractivity contribution in [3.05, 3.63) is 65.0 Å². The van der Waals surface area contributed by atoms with Gasteiger partial charge in [0, 0.05) is 11.9 Å². The first-order chi connectivity index (χ1) is 9.41. The number of alkyl halides is 3. The Bertz CT molecular complexity index is 579. The van der Waals surface area contributed by atoms with Crippen molar-refractivity contribution in [3.63, 3.8) is 0 Å². The monoisotopic (exact) mass is 281 g/mol. The highest BCUT2D eigenvalue weighted by molar-refractivity contribution is 5.34. The standard InChI is InChI=1S/C14H14F3N3/c1-9-5-6-11(8-19-9)13(20-18)10-3-2-4-12(7-10)14(15,16)17/h2-8,13,20H,18H2,1H3. The van der Waals surface area contributed by atoms with Gasteiger partial charge in [-0.3, -0.25) is 10.8 Å². The molecule has 0 spiro atoms. The number of nitrogens with one attached hydrogen (secondary N) is 1. The summed E-state index contributed by atoms with van der Waals surface area (Å²) >= 11 is 0. The Morgan fingerprint density at radius 2 is 1.90 bits per heavy atom. The lowest BCUT2D eigenvalue weighted by atomic mass is 9.98. The number of hydrazine groups is 1. The second kappa shape index (κ2) is 5.60. The molecule has 2 aromatic rings. The smallest absolute Gasteiger partial charge is 0.271 e. The van der Waals surface area contributed by atoms with Gasteiger partial charge in [0.15, 0.2) is 0 Å². The SMILES string of the molecule is Cc1ccc(C(NN)c2cccc(C(F)(F)F)c2)cn1. The molecule has 1 atom stereocenters. The van der Waals surface area contributed by atoms with Crippen LogP contribution in [-0.2, 0) is 6.18 Å². The molecule has 3 nitrogen and oxygen atoms in total. The van der Waals surface area contributed by atoms with Crippen molar-refractivity contribution in [2.45, 2.75) is 19.1 Å². The van der Waals surface area contributed by atoms with Gasteiger partial charge in [-0.2, -0.15) is 13.2 Å². The van der Waals surface area contributed by atoms with Crippen molar-refractivity contribution in [1.29, 1.82) is 0 Å². The van der Waals surface area contributed by atoms with Crippen LogP contribution in [0.25, 0.3) is 0 Å². The summed E-state index contributed by atoms with van der Waals surface area (Å²) in [5, 5.41) is 0. The van der Waals surface area contributed by atoms with E-state index < -0.39 is 17.8 Å². The number of pyridine rings is 1. The summed E-state index contributed by atoms with van der Waals surface area (Å²) in [6.45, 7) is 1.83. The maximum absolute atomic E-state index is 12.7. The number of nitrogens with two attached hydrogens (primary N) is 1. The Hall–Kier alpha value is -1.92. The lowest BCUT2D eigenvalue weighted by molar-refractivity contribution is -0.137. The van der Waals surface area contributed by atoms with E-state index in [9.17, 15) is 13.2 Å². The van der Waals surface area contributed by atoms with E-state index in [1.807, 2.05) is 6.92 Å². The van der Waals surface area contributed by atoms with Crippen LogP contribution < -0.4 is 11.3 Å². The molecule has 1 aromatic heterocycles. The minimum absolute atomic E-state index is 0.438. The van der Waals surface area contributed by atoms with E-state index >= 15 is 0 Å². The highest BCUT2D eigenvalue weighted by atomic mass is 19.4. The van der Waals surface area contributed by atoms with Gasteiger partial charge in [-0.15, -0.1) is 0 Å². The average Bonchev–Trinajstić information content (AvgIpc) is 2.41. The molecule has 0 aliphatic heterocycles. The molecule has 3 N–H and O–H groups in total. The summed E-state index contributed by atoms with van der Waals surface area (Å²) in [4.78, 5) is 4.13. The summed E-state index contributed by atoms with van der Waals surface area (Å²) in [5.41, 5.74) is 3.80. The molecule has 0 amide bonds. The number of hydrogen-bond donors (Lipinski definition) is 2. The number of hydrogen-bond acceptors (Lipinski definition) is 3. The van der Waals surface area contributed by atoms with E-state index in [4.69, 9.17) is 5.84 Å². The summed E-state index contributed by atoms with van der Waals surface area (Å²) in [6.07, 6.45) is -2.78. The van der Waals surface area contributed by atoms with Gasteiger partial charge in [0.1, 0.15) is 0 Å². The van der Waals surface area contributed by atoms with Gasteiger partial charge in [-0.25, -0.2) is 5.43 Å². The number of aromatic nitrogens is 1. The second-order valence-electron chi connectivity index (χ2n) is 4.46. The maximum Gasteiger partial charge on any atom is 0.416 e. The summed E-state index contributed by atoms with van der Waals surface area (Å²) in [6, 6.07) is 8.12. The molecule has 0 bridgehead atoms. The molecule has 0 aliphatic rings. The molecule has 0 fully saturated rings. The molecule has 0 radical (unpaired) electrons. The highest BCUT2D eigenvalue weighted by Gasteiger charge is 2.31. The molecule has 1 unspecified atom stereocenters. The van der Waals surface area contributed by atoms with Crippen LogP contribution in [0.1, 0.15) is 28.4 Å². The van der Waals surface area contributed by atoms with Gasteiger partial charge in [-0.05, 0) is 36.2 Å². The zero-order chi connectivity index (χ0) is 14.8. The Balaban J connectivity index is 2.39. The van der Waals surface area contributed by atoms with Crippen LogP contribution in [0.4, 0.5) is 13.2 Å². The van der Waals surface area contributed by atoms with E-state index in [1.54, 1.807) is 24.4 Å². The fourth-order valence-electron chi connectivity index (χ4n) is 1.93. The first-order valence-corrected chi connectivity index (χ1v) is 5.97. The van der Waals surface area contributed by atoms with Crippen LogP contribution in [-0.4, -0.2) is 4.98 Å². The molecular weight excluding hydrogens is 267 g/mol. The van der Waals surface area contributed by atoms with E-state index in [2.05, 4.69) is 10.4 Å². The number of rotatable bonds is 3. The lowest BCUT2D eigenvalue weighted by Crippen LogP contribution is -2.29. The first kappa shape index (κ1) is 14.5. The van der Waals surface area contributed by atoms with Gasteiger partial charge in [0.05, 0.1) is 11.6 Å². The molecule has 0 saturated heterocycles. The van der Waals surface area contributed by atoms with Crippen LogP contribution >= 0.6 is 0 Å². The summed E-state index contributed by atoms with van der Waals surface area (Å²) < 4.78 is 38.2. The normalized spacial score (nSPS) is 13.2. The van der Waals surface area contributed by atoms with E-state index in [1.165, 1.54) is 6.07 Å². The van der Waals surface area contributed by atoms with Crippen molar-refractivity contribution < 1.29 is 13.2 Å². The van der Waals surface area contributed by atoms with Crippen molar-refractivity contribution in [1.82, 2.24) is 10.4 Å². The van der Waals surface area contributed by atoms with E-state index in [0.29, 0.717) is 11.1 Å². The number of nitrogens with zero attached hydrogens (tertiary/aromatic N) is 1. The maximum atomic E-state index is 12.7. The molecule has 6 heteroatoms. The van der Waals surface area contributed by atoms with Crippen molar-refractivity contribution in [2.75, 3.05) is 0 Å². The highest BCUT2D eigenvalue weighted by Crippen LogP contribution is 2.31. The van der Waals surface area contributed by atoms with Crippen LogP contribution in [0.5, 0.6) is 0 Å². The summed E-state index contributed by atoms with van der Waals surface area (Å²) in [7, 11) is 0. The quantitative estimate of drug-likeness (QED) is 0.671. The molecule has 2 rings (SSSR count). The topological polar surface area (TPSA) is 50.9 Å². The predicted octanol–water partition coefficient (Wildman–Crippen LogP) is 2.96. The number of benzene rings is 1. The van der Waals surface area contributed by atoms with Crippen LogP contribution in [0.15, 0.2) is 42.6 Å². The Labute approximate surface area is 114 Å². The predicted molar refractivity (Wildman–Crippen MR) is 69.6 cm³/mol. The summed E-state index contributed by atoms with van der Waals surface area (Å²) in [5.74, 6) is 5.47. The third-order valence-electron chi connectivity index (χ3n) is 2.98. The fourth-order valence-corrected chi connectivity index (χ4v) is 1.93. The average molecular weight is 281 g/mol. The Kier molecular flexibility index (Phi) is 4.06. The second-order valence-corrected chi connectivity index (χ2v) is 4.46. The lowest BCUT2D eigenvalue weighted by Gasteiger charge is -2.18. The first-order valence-electron chi connectivity index (χ1n) is 5.97. The molecular formula is C14H14F3N3. The van der Waals surface area contributed by atoms with Crippen molar-refractivity contribution in [3.8, 4) is 0 Å². The van der Waals surface area contributed by atoms with Crippen LogP contribution in [0.2, 0.25) is 0 Å². The van der Waals surface area contributed by atoms with Gasteiger partial charge in [0.25, 0.3) is 0 Å². The molecule has 1 heterocycles. The van der Waals surface area contributed by atoms with Gasteiger partial charge < -0.3 is 0 Å². The van der Waals surface area contributed by atoms with E-state index in [0.717, 1.165) is 17.8 Å². The number of halogens is 3. The van der Waals surface area contributed by atoms with Crippen LogP contribution in [0.3, 0.4) is 0 Å². The third kappa shape index (κ3) is 3.15. The van der Waals surface area contributed by atoms with Gasteiger partial charge >= 0.3 is 6.18 Å². The van der Waals surface area contributed by atoms with Gasteiger partial charge in [0.2, 0.25) is 0 Å². The van der Waals surface area contributed by atoms with Crippen molar-refractivity contribution in [2.24, 2.45) is 5.84 Å². The number of aryl methyl sites for hydroxylation is 1. The largest absolute Gasteiger partial charge is 0.416 e.